The van der Waals surface area contributed by atoms with Crippen molar-refractivity contribution in [3.8, 4) is 11.8 Å². The normalized spacial score (nSPS) is 31.2. The van der Waals surface area contributed by atoms with Gasteiger partial charge in [0.15, 0.2) is 6.29 Å². The SMILES string of the molecule is CCCCCCC[C@@H]1CC[C@]1(O)C#CCOC1CCCCO1. The van der Waals surface area contributed by atoms with Crippen molar-refractivity contribution in [2.75, 3.05) is 13.2 Å². The molecule has 1 saturated carbocycles. The molecule has 0 aromatic rings. The molecule has 0 aromatic heterocycles. The Morgan fingerprint density at radius 3 is 2.73 bits per heavy atom. The quantitative estimate of drug-likeness (QED) is 0.543. The summed E-state index contributed by atoms with van der Waals surface area (Å²) in [5, 5.41) is 10.5. The summed E-state index contributed by atoms with van der Waals surface area (Å²) < 4.78 is 11.1. The number of hydrogen-bond acceptors (Lipinski definition) is 3. The topological polar surface area (TPSA) is 38.7 Å². The summed E-state index contributed by atoms with van der Waals surface area (Å²) in [4.78, 5) is 0. The van der Waals surface area contributed by atoms with Crippen molar-refractivity contribution in [1.29, 1.82) is 0 Å². The molecule has 1 N–H and O–H groups in total. The fourth-order valence-electron chi connectivity index (χ4n) is 3.33. The van der Waals surface area contributed by atoms with E-state index in [1.807, 2.05) is 0 Å². The second-order valence-electron chi connectivity index (χ2n) is 6.77. The van der Waals surface area contributed by atoms with Gasteiger partial charge in [0.25, 0.3) is 0 Å². The molecule has 3 atom stereocenters. The average molecular weight is 308 g/mol. The highest BCUT2D eigenvalue weighted by atomic mass is 16.7. The summed E-state index contributed by atoms with van der Waals surface area (Å²) in [5.74, 6) is 6.44. The highest BCUT2D eigenvalue weighted by Crippen LogP contribution is 2.41. The lowest BCUT2D eigenvalue weighted by atomic mass is 9.67. The molecule has 126 valence electrons. The first-order chi connectivity index (χ1) is 10.7. The second kappa shape index (κ2) is 9.55. The molecule has 0 radical (unpaired) electrons. The second-order valence-corrected chi connectivity index (χ2v) is 6.77. The van der Waals surface area contributed by atoms with Crippen molar-refractivity contribution in [2.45, 2.75) is 89.4 Å². The van der Waals surface area contributed by atoms with E-state index in [4.69, 9.17) is 9.47 Å². The highest BCUT2D eigenvalue weighted by Gasteiger charge is 2.43. The lowest BCUT2D eigenvalue weighted by molar-refractivity contribution is -0.154. The molecule has 0 spiro atoms. The third-order valence-electron chi connectivity index (χ3n) is 4.99. The third kappa shape index (κ3) is 5.57. The van der Waals surface area contributed by atoms with Gasteiger partial charge in [-0.3, -0.25) is 0 Å². The molecule has 0 aromatic carbocycles. The number of ether oxygens (including phenoxy) is 2. The van der Waals surface area contributed by atoms with Crippen molar-refractivity contribution in [1.82, 2.24) is 0 Å². The lowest BCUT2D eigenvalue weighted by Gasteiger charge is -2.41. The predicted octanol–water partition coefficient (Wildman–Crippen LogP) is 4.03. The Labute approximate surface area is 135 Å². The fraction of sp³-hybridized carbons (Fsp3) is 0.895. The Morgan fingerprint density at radius 1 is 1.18 bits per heavy atom. The zero-order chi connectivity index (χ0) is 15.7. The van der Waals surface area contributed by atoms with E-state index in [1.165, 1.54) is 38.5 Å². The lowest BCUT2D eigenvalue weighted by Crippen LogP contribution is -2.45. The fourth-order valence-corrected chi connectivity index (χ4v) is 3.33. The monoisotopic (exact) mass is 308 g/mol. The molecule has 1 saturated heterocycles. The largest absolute Gasteiger partial charge is 0.377 e. The van der Waals surface area contributed by atoms with E-state index in [-0.39, 0.29) is 6.29 Å². The Bertz CT molecular complexity index is 365. The molecule has 2 fully saturated rings. The van der Waals surface area contributed by atoms with Crippen LogP contribution in [0, 0.1) is 17.8 Å². The smallest absolute Gasteiger partial charge is 0.158 e. The first kappa shape index (κ1) is 17.8. The predicted molar refractivity (Wildman–Crippen MR) is 88.4 cm³/mol. The standard InChI is InChI=1S/C19H32O3/c1-2-3-4-5-6-10-17-12-14-19(17,20)13-9-16-22-18-11-7-8-15-21-18/h17-18,20H,2-8,10-12,14-16H2,1H3/t17-,18?,19-/m1/s1. The minimum absolute atomic E-state index is 0.0894. The summed E-state index contributed by atoms with van der Waals surface area (Å²) in [5.41, 5.74) is -0.748. The molecule has 22 heavy (non-hydrogen) atoms. The van der Waals surface area contributed by atoms with Gasteiger partial charge in [0.1, 0.15) is 12.2 Å². The van der Waals surface area contributed by atoms with Gasteiger partial charge in [0, 0.05) is 6.61 Å². The van der Waals surface area contributed by atoms with Gasteiger partial charge in [-0.2, -0.15) is 0 Å². The molecule has 0 bridgehead atoms. The zero-order valence-corrected chi connectivity index (χ0v) is 14.1. The number of hydrogen-bond donors (Lipinski definition) is 1. The van der Waals surface area contributed by atoms with E-state index < -0.39 is 5.60 Å². The van der Waals surface area contributed by atoms with Crippen molar-refractivity contribution < 1.29 is 14.6 Å². The summed E-state index contributed by atoms with van der Waals surface area (Å²) >= 11 is 0. The first-order valence-corrected chi connectivity index (χ1v) is 9.20. The van der Waals surface area contributed by atoms with Gasteiger partial charge in [-0.1, -0.05) is 50.9 Å². The Morgan fingerprint density at radius 2 is 2.05 bits per heavy atom. The summed E-state index contributed by atoms with van der Waals surface area (Å²) in [6.45, 7) is 3.40. The van der Waals surface area contributed by atoms with Gasteiger partial charge in [-0.05, 0) is 44.4 Å². The molecule has 1 heterocycles. The molecule has 1 unspecified atom stereocenters. The molecule has 2 aliphatic rings. The van der Waals surface area contributed by atoms with Crippen molar-refractivity contribution >= 4 is 0 Å². The molecule has 0 amide bonds. The van der Waals surface area contributed by atoms with Gasteiger partial charge >= 0.3 is 0 Å². The van der Waals surface area contributed by atoms with Crippen LogP contribution in [0.3, 0.4) is 0 Å². The molecule has 3 heteroatoms. The van der Waals surface area contributed by atoms with E-state index in [9.17, 15) is 5.11 Å². The van der Waals surface area contributed by atoms with Gasteiger partial charge in [-0.25, -0.2) is 0 Å². The Kier molecular flexibility index (Phi) is 7.72. The Balaban J connectivity index is 1.62. The van der Waals surface area contributed by atoms with Crippen LogP contribution in [0.4, 0.5) is 0 Å². The summed E-state index contributed by atoms with van der Waals surface area (Å²) in [6, 6.07) is 0. The number of rotatable bonds is 8. The van der Waals surface area contributed by atoms with Crippen LogP contribution in [-0.4, -0.2) is 30.2 Å². The van der Waals surface area contributed by atoms with Crippen LogP contribution >= 0.6 is 0 Å². The maximum absolute atomic E-state index is 10.5. The maximum Gasteiger partial charge on any atom is 0.158 e. The molecule has 2 rings (SSSR count). The molecule has 1 aliphatic carbocycles. The van der Waals surface area contributed by atoms with Crippen molar-refractivity contribution in [2.24, 2.45) is 5.92 Å². The average Bonchev–Trinajstić information content (AvgIpc) is 2.54. The Hall–Kier alpha value is -0.560. The van der Waals surface area contributed by atoms with Crippen LogP contribution < -0.4 is 0 Å². The van der Waals surface area contributed by atoms with Gasteiger partial charge in [0.05, 0.1) is 0 Å². The highest BCUT2D eigenvalue weighted by molar-refractivity contribution is 5.20. The van der Waals surface area contributed by atoms with E-state index in [0.29, 0.717) is 12.5 Å². The minimum Gasteiger partial charge on any atom is -0.377 e. The molecular weight excluding hydrogens is 276 g/mol. The van der Waals surface area contributed by atoms with Crippen LogP contribution in [0.5, 0.6) is 0 Å². The third-order valence-corrected chi connectivity index (χ3v) is 4.99. The number of unbranched alkanes of at least 4 members (excludes halogenated alkanes) is 4. The van der Waals surface area contributed by atoms with Gasteiger partial charge in [-0.15, -0.1) is 0 Å². The van der Waals surface area contributed by atoms with E-state index >= 15 is 0 Å². The zero-order valence-electron chi connectivity index (χ0n) is 14.1. The van der Waals surface area contributed by atoms with Crippen molar-refractivity contribution in [3.05, 3.63) is 0 Å². The van der Waals surface area contributed by atoms with Crippen molar-refractivity contribution in [3.63, 3.8) is 0 Å². The van der Waals surface area contributed by atoms with E-state index in [0.717, 1.165) is 38.7 Å². The minimum atomic E-state index is -0.748. The molecule has 1 aliphatic heterocycles. The van der Waals surface area contributed by atoms with Gasteiger partial charge in [0.2, 0.25) is 0 Å². The van der Waals surface area contributed by atoms with Crippen LogP contribution in [-0.2, 0) is 9.47 Å². The van der Waals surface area contributed by atoms with Crippen LogP contribution in [0.25, 0.3) is 0 Å². The summed E-state index contributed by atoms with van der Waals surface area (Å²) in [6.07, 6.45) is 12.7. The maximum atomic E-state index is 10.5. The van der Waals surface area contributed by atoms with E-state index in [2.05, 4.69) is 18.8 Å². The van der Waals surface area contributed by atoms with Crippen LogP contribution in [0.15, 0.2) is 0 Å². The molecular formula is C19H32O3. The summed E-state index contributed by atoms with van der Waals surface area (Å²) in [7, 11) is 0. The van der Waals surface area contributed by atoms with Crippen LogP contribution in [0.1, 0.15) is 77.6 Å². The first-order valence-electron chi connectivity index (χ1n) is 9.20. The van der Waals surface area contributed by atoms with Crippen LogP contribution in [0.2, 0.25) is 0 Å². The van der Waals surface area contributed by atoms with Gasteiger partial charge < -0.3 is 14.6 Å². The van der Waals surface area contributed by atoms with E-state index in [1.54, 1.807) is 0 Å². The molecule has 3 nitrogen and oxygen atoms in total. The number of aliphatic hydroxyl groups is 1.